The molecule has 1 heterocycles. The Hall–Kier alpha value is -3.14. The fraction of sp³-hybridized carbons (Fsp3) is 0.316. The highest BCUT2D eigenvalue weighted by atomic mass is 19.1. The van der Waals surface area contributed by atoms with Gasteiger partial charge in [0.25, 0.3) is 0 Å². The van der Waals surface area contributed by atoms with Crippen molar-refractivity contribution in [1.29, 1.82) is 0 Å². The van der Waals surface area contributed by atoms with Crippen molar-refractivity contribution < 1.29 is 13.9 Å². The Morgan fingerprint density at radius 2 is 2.31 bits per heavy atom. The number of halogens is 1. The molecule has 0 spiro atoms. The van der Waals surface area contributed by atoms with Crippen molar-refractivity contribution in [2.24, 2.45) is 0 Å². The van der Waals surface area contributed by atoms with Gasteiger partial charge in [-0.3, -0.25) is 5.32 Å². The molecule has 1 unspecified atom stereocenters. The molecule has 1 atom stereocenters. The highest BCUT2D eigenvalue weighted by Crippen LogP contribution is 2.34. The first-order valence-electron chi connectivity index (χ1n) is 8.29. The quantitative estimate of drug-likeness (QED) is 0.857. The number of aromatic nitrogens is 2. The second kappa shape index (κ2) is 7.83. The van der Waals surface area contributed by atoms with Gasteiger partial charge >= 0.3 is 12.0 Å². The van der Waals surface area contributed by atoms with Crippen molar-refractivity contribution in [3.05, 3.63) is 47.4 Å². The van der Waals surface area contributed by atoms with Gasteiger partial charge in [0.1, 0.15) is 0 Å². The zero-order valence-corrected chi connectivity index (χ0v) is 14.4. The third-order valence-electron chi connectivity index (χ3n) is 4.37. The predicted octanol–water partition coefficient (Wildman–Crippen LogP) is 3.17. The van der Waals surface area contributed by atoms with Crippen LogP contribution in [0.15, 0.2) is 30.5 Å². The summed E-state index contributed by atoms with van der Waals surface area (Å²) in [5.74, 6) is 1.52. The van der Waals surface area contributed by atoms with E-state index >= 15 is 0 Å². The maximum atomic E-state index is 13.9. The number of carbonyl (C=O) groups excluding carboxylic acids is 1. The summed E-state index contributed by atoms with van der Waals surface area (Å²) >= 11 is 0. The fourth-order valence-electron chi connectivity index (χ4n) is 3.18. The van der Waals surface area contributed by atoms with E-state index in [2.05, 4.69) is 27.3 Å². The van der Waals surface area contributed by atoms with Crippen LogP contribution in [0.2, 0.25) is 0 Å². The van der Waals surface area contributed by atoms with Gasteiger partial charge in [-0.05, 0) is 30.4 Å². The van der Waals surface area contributed by atoms with E-state index in [1.165, 1.54) is 17.6 Å². The molecule has 0 saturated carbocycles. The number of terminal acetylenes is 1. The van der Waals surface area contributed by atoms with Crippen LogP contribution >= 0.6 is 0 Å². The molecule has 2 aromatic rings. The zero-order chi connectivity index (χ0) is 18.5. The van der Waals surface area contributed by atoms with Crippen molar-refractivity contribution in [3.8, 4) is 18.4 Å². The Balaban J connectivity index is 1.87. The summed E-state index contributed by atoms with van der Waals surface area (Å²) in [6.45, 7) is 0.106. The van der Waals surface area contributed by atoms with Crippen LogP contribution in [0.25, 0.3) is 0 Å². The van der Waals surface area contributed by atoms with Gasteiger partial charge in [0, 0.05) is 0 Å². The summed E-state index contributed by atoms with van der Waals surface area (Å²) in [5.41, 5.74) is 2.28. The molecule has 2 amide bonds. The van der Waals surface area contributed by atoms with E-state index in [0.29, 0.717) is 0 Å². The van der Waals surface area contributed by atoms with Crippen LogP contribution < -0.4 is 10.1 Å². The number of methoxy groups -OCH3 is 1. The zero-order valence-electron chi connectivity index (χ0n) is 14.4. The van der Waals surface area contributed by atoms with Crippen molar-refractivity contribution in [1.82, 2.24) is 14.9 Å². The minimum absolute atomic E-state index is 0.0341. The summed E-state index contributed by atoms with van der Waals surface area (Å²) in [6, 6.07) is 7.28. The SMILES string of the molecule is C#CCN(C(=O)Nc1nc(OC)ncc1F)C1CCCc2ccccc21. The Morgan fingerprint density at radius 1 is 1.50 bits per heavy atom. The monoisotopic (exact) mass is 354 g/mol. The summed E-state index contributed by atoms with van der Waals surface area (Å²) in [6.07, 6.45) is 9.13. The van der Waals surface area contributed by atoms with Crippen molar-refractivity contribution in [3.63, 3.8) is 0 Å². The molecule has 0 bridgehead atoms. The van der Waals surface area contributed by atoms with Crippen LogP contribution in [0, 0.1) is 18.2 Å². The molecule has 1 aliphatic carbocycles. The minimum Gasteiger partial charge on any atom is -0.467 e. The third kappa shape index (κ3) is 3.59. The van der Waals surface area contributed by atoms with Crippen LogP contribution in [0.1, 0.15) is 30.0 Å². The van der Waals surface area contributed by atoms with Gasteiger partial charge in [0.15, 0.2) is 11.6 Å². The number of nitrogens with zero attached hydrogens (tertiary/aromatic N) is 3. The molecule has 3 rings (SSSR count). The molecule has 0 fully saturated rings. The number of rotatable bonds is 4. The number of hydrogen-bond acceptors (Lipinski definition) is 4. The Labute approximate surface area is 151 Å². The molecule has 134 valence electrons. The summed E-state index contributed by atoms with van der Waals surface area (Å²) in [4.78, 5) is 21.9. The summed E-state index contributed by atoms with van der Waals surface area (Å²) < 4.78 is 18.8. The fourth-order valence-corrected chi connectivity index (χ4v) is 3.18. The standard InChI is InChI=1S/C19H19FN4O2/c1-3-11-24(16-10-6-8-13-7-4-5-9-14(13)16)19(25)23-17-15(20)12-21-18(22-17)26-2/h1,4-5,7,9,12,16H,6,8,10-11H2,2H3,(H,21,22,23,25). The molecule has 7 heteroatoms. The molecular weight excluding hydrogens is 335 g/mol. The average Bonchev–Trinajstić information content (AvgIpc) is 2.67. The lowest BCUT2D eigenvalue weighted by Crippen LogP contribution is -2.40. The topological polar surface area (TPSA) is 67.4 Å². The predicted molar refractivity (Wildman–Crippen MR) is 95.2 cm³/mol. The van der Waals surface area contributed by atoms with Gasteiger partial charge < -0.3 is 9.64 Å². The minimum atomic E-state index is -0.746. The number of anilines is 1. The lowest BCUT2D eigenvalue weighted by Gasteiger charge is -2.34. The number of urea groups is 1. The van der Waals surface area contributed by atoms with Gasteiger partial charge in [-0.2, -0.15) is 4.98 Å². The first-order chi connectivity index (χ1) is 12.6. The van der Waals surface area contributed by atoms with Crippen LogP contribution in [0.3, 0.4) is 0 Å². The molecule has 6 nitrogen and oxygen atoms in total. The van der Waals surface area contributed by atoms with E-state index in [1.807, 2.05) is 18.2 Å². The number of nitrogens with one attached hydrogen (secondary N) is 1. The summed E-state index contributed by atoms with van der Waals surface area (Å²) in [7, 11) is 1.36. The number of ether oxygens (including phenoxy) is 1. The van der Waals surface area contributed by atoms with Gasteiger partial charge in [-0.1, -0.05) is 30.2 Å². The van der Waals surface area contributed by atoms with E-state index in [1.54, 1.807) is 0 Å². The van der Waals surface area contributed by atoms with Crippen molar-refractivity contribution >= 4 is 11.8 Å². The van der Waals surface area contributed by atoms with Crippen LogP contribution in [-0.4, -0.2) is 34.6 Å². The third-order valence-corrected chi connectivity index (χ3v) is 4.37. The lowest BCUT2D eigenvalue weighted by molar-refractivity contribution is 0.189. The van der Waals surface area contributed by atoms with Crippen LogP contribution in [0.4, 0.5) is 15.0 Å². The molecule has 26 heavy (non-hydrogen) atoms. The van der Waals surface area contributed by atoms with Gasteiger partial charge in [-0.25, -0.2) is 14.2 Å². The molecular formula is C19H19FN4O2. The first kappa shape index (κ1) is 17.7. The number of amides is 2. The lowest BCUT2D eigenvalue weighted by atomic mass is 9.87. The largest absolute Gasteiger partial charge is 0.467 e. The Kier molecular flexibility index (Phi) is 5.32. The second-order valence-electron chi connectivity index (χ2n) is 5.92. The molecule has 0 radical (unpaired) electrons. The van der Waals surface area contributed by atoms with E-state index in [0.717, 1.165) is 31.0 Å². The smallest absolute Gasteiger partial charge is 0.324 e. The number of hydrogen-bond donors (Lipinski definition) is 1. The highest BCUT2D eigenvalue weighted by Gasteiger charge is 2.29. The summed E-state index contributed by atoms with van der Waals surface area (Å²) in [5, 5.41) is 2.48. The average molecular weight is 354 g/mol. The van der Waals surface area contributed by atoms with Crippen molar-refractivity contribution in [2.75, 3.05) is 19.0 Å². The van der Waals surface area contributed by atoms with Gasteiger partial charge in [0.2, 0.25) is 0 Å². The van der Waals surface area contributed by atoms with E-state index < -0.39 is 11.8 Å². The van der Waals surface area contributed by atoms with Crippen LogP contribution in [-0.2, 0) is 6.42 Å². The van der Waals surface area contributed by atoms with Gasteiger partial charge in [-0.15, -0.1) is 6.42 Å². The maximum absolute atomic E-state index is 13.9. The van der Waals surface area contributed by atoms with E-state index in [4.69, 9.17) is 11.2 Å². The Bertz CT molecular complexity index is 850. The molecule has 1 aromatic heterocycles. The Morgan fingerprint density at radius 3 is 3.08 bits per heavy atom. The number of benzene rings is 1. The highest BCUT2D eigenvalue weighted by molar-refractivity contribution is 5.89. The molecule has 0 saturated heterocycles. The molecule has 1 aromatic carbocycles. The first-order valence-corrected chi connectivity index (χ1v) is 8.29. The number of fused-ring (bicyclic) bond motifs is 1. The number of aryl methyl sites for hydroxylation is 1. The molecule has 1 aliphatic rings. The van der Waals surface area contributed by atoms with E-state index in [-0.39, 0.29) is 24.4 Å². The van der Waals surface area contributed by atoms with Gasteiger partial charge in [0.05, 0.1) is 25.9 Å². The second-order valence-corrected chi connectivity index (χ2v) is 5.92. The van der Waals surface area contributed by atoms with Crippen LogP contribution in [0.5, 0.6) is 6.01 Å². The van der Waals surface area contributed by atoms with E-state index in [9.17, 15) is 9.18 Å². The molecule has 1 N–H and O–H groups in total. The normalized spacial score (nSPS) is 15.5. The maximum Gasteiger partial charge on any atom is 0.324 e. The number of carbonyl (C=O) groups is 1. The molecule has 0 aliphatic heterocycles. The van der Waals surface area contributed by atoms with Crippen molar-refractivity contribution in [2.45, 2.75) is 25.3 Å².